The number of halogens is 2. The number of hydrogen-bond donors (Lipinski definition) is 2. The first-order valence-electron chi connectivity index (χ1n) is 12.1. The molecule has 2 heterocycles. The van der Waals surface area contributed by atoms with Gasteiger partial charge in [0.25, 0.3) is 0 Å². The number of phenolic OH excluding ortho intramolecular Hbond substituents is 2. The number of nitrogens with zero attached hydrogens (tertiary/aromatic N) is 1. The number of aromatic hydroxyl groups is 2. The van der Waals surface area contributed by atoms with Crippen molar-refractivity contribution in [3.05, 3.63) is 83.4 Å². The van der Waals surface area contributed by atoms with Crippen LogP contribution < -0.4 is 9.47 Å². The minimum absolute atomic E-state index is 0.107. The van der Waals surface area contributed by atoms with Crippen molar-refractivity contribution in [2.24, 2.45) is 0 Å². The number of fused-ring (bicyclic) bond motifs is 1. The van der Waals surface area contributed by atoms with Crippen molar-refractivity contribution >= 4 is 11.1 Å². The lowest BCUT2D eigenvalue weighted by molar-refractivity contribution is -0.138. The second-order valence-corrected chi connectivity index (χ2v) is 9.46. The van der Waals surface area contributed by atoms with Crippen molar-refractivity contribution < 1.29 is 28.5 Å². The molecule has 3 aromatic carbocycles. The van der Waals surface area contributed by atoms with Gasteiger partial charge in [-0.1, -0.05) is 24.3 Å². The molecule has 0 amide bonds. The summed E-state index contributed by atoms with van der Waals surface area (Å²) in [4.78, 5) is 1.21. The highest BCUT2D eigenvalue weighted by Crippen LogP contribution is 2.47. The maximum atomic E-state index is 14.0. The van der Waals surface area contributed by atoms with Crippen LogP contribution in [0.1, 0.15) is 49.5 Å². The third kappa shape index (κ3) is 4.63. The summed E-state index contributed by atoms with van der Waals surface area (Å²) >= 11 is 0. The molecule has 2 aliphatic rings. The van der Waals surface area contributed by atoms with Crippen LogP contribution in [0.25, 0.3) is 11.1 Å². The number of allylic oxidation sites excluding steroid dienone is 1. The predicted molar refractivity (Wildman–Crippen MR) is 134 cm³/mol. The van der Waals surface area contributed by atoms with Crippen LogP contribution in [0.15, 0.2) is 66.7 Å². The predicted octanol–water partition coefficient (Wildman–Crippen LogP) is 6.62. The van der Waals surface area contributed by atoms with Crippen molar-refractivity contribution in [2.75, 3.05) is 13.2 Å². The normalized spacial score (nSPS) is 20.1. The molecule has 2 atom stereocenters. The zero-order valence-corrected chi connectivity index (χ0v) is 20.2. The van der Waals surface area contributed by atoms with Gasteiger partial charge in [0.15, 0.2) is 0 Å². The van der Waals surface area contributed by atoms with Gasteiger partial charge in [0.05, 0.1) is 0 Å². The lowest BCUT2D eigenvalue weighted by atomic mass is 9.86. The molecule has 2 aliphatic heterocycles. The van der Waals surface area contributed by atoms with E-state index in [9.17, 15) is 19.0 Å². The van der Waals surface area contributed by atoms with Gasteiger partial charge in [0, 0.05) is 30.1 Å². The Bertz CT molecular complexity index is 1290. The molecular weight excluding hydrogens is 464 g/mol. The third-order valence-electron chi connectivity index (χ3n) is 6.94. The van der Waals surface area contributed by atoms with Crippen molar-refractivity contribution in [1.29, 1.82) is 0 Å². The van der Waals surface area contributed by atoms with E-state index in [4.69, 9.17) is 9.47 Å². The zero-order valence-electron chi connectivity index (χ0n) is 20.2. The average Bonchev–Trinajstić information content (AvgIpc) is 3.22. The maximum absolute atomic E-state index is 14.0. The molecule has 1 unspecified atom stereocenters. The highest BCUT2D eigenvalue weighted by atomic mass is 19.3. The molecule has 1 fully saturated rings. The van der Waals surface area contributed by atoms with Crippen LogP contribution in [0.4, 0.5) is 8.78 Å². The molecule has 5 nitrogen and oxygen atoms in total. The Kier molecular flexibility index (Phi) is 6.35. The largest absolute Gasteiger partial charge is 0.508 e. The Morgan fingerprint density at radius 1 is 1.06 bits per heavy atom. The molecule has 0 bridgehead atoms. The number of hydrogen-bond acceptors (Lipinski definition) is 5. The zero-order chi connectivity index (χ0) is 25.4. The summed E-state index contributed by atoms with van der Waals surface area (Å²) in [6.45, 7) is 4.27. The lowest BCUT2D eigenvalue weighted by Crippen LogP contribution is -2.44. The van der Waals surface area contributed by atoms with Gasteiger partial charge in [-0.05, 0) is 79.4 Å². The minimum atomic E-state index is -2.77. The van der Waals surface area contributed by atoms with Gasteiger partial charge in [-0.25, -0.2) is 4.90 Å². The Morgan fingerprint density at radius 2 is 1.81 bits per heavy atom. The van der Waals surface area contributed by atoms with Crippen molar-refractivity contribution in [1.82, 2.24) is 4.90 Å². The van der Waals surface area contributed by atoms with Crippen LogP contribution >= 0.6 is 0 Å². The Balaban J connectivity index is 1.41. The van der Waals surface area contributed by atoms with E-state index in [0.29, 0.717) is 24.5 Å². The molecule has 1 saturated heterocycles. The number of rotatable bonds is 6. The number of ether oxygens (including phenoxy) is 2. The Hall–Kier alpha value is -3.58. The Labute approximate surface area is 209 Å². The van der Waals surface area contributed by atoms with E-state index in [-0.39, 0.29) is 24.5 Å². The van der Waals surface area contributed by atoms with E-state index < -0.39 is 18.2 Å². The van der Waals surface area contributed by atoms with Gasteiger partial charge >= 0.3 is 6.05 Å². The second kappa shape index (κ2) is 9.47. The highest BCUT2D eigenvalue weighted by molar-refractivity contribution is 5.95. The van der Waals surface area contributed by atoms with Gasteiger partial charge in [0.2, 0.25) is 0 Å². The van der Waals surface area contributed by atoms with Gasteiger partial charge in [-0.15, -0.1) is 0 Å². The fraction of sp³-hybridized carbons (Fsp3) is 0.310. The smallest absolute Gasteiger partial charge is 0.305 e. The van der Waals surface area contributed by atoms with E-state index in [2.05, 4.69) is 0 Å². The van der Waals surface area contributed by atoms with Gasteiger partial charge < -0.3 is 19.7 Å². The van der Waals surface area contributed by atoms with Crippen LogP contribution in [0.3, 0.4) is 0 Å². The minimum Gasteiger partial charge on any atom is -0.508 e. The average molecular weight is 494 g/mol. The SMILES string of the molecule is CC1=C(c2cccc(O)c2)C(c2ccc(OC[C@H](C)N3CCCC3(F)F)cc2)Oc2ccc(O)cc21. The van der Waals surface area contributed by atoms with E-state index in [1.54, 1.807) is 43.3 Å². The van der Waals surface area contributed by atoms with Crippen molar-refractivity contribution in [3.8, 4) is 23.0 Å². The maximum Gasteiger partial charge on any atom is 0.305 e. The van der Waals surface area contributed by atoms with Gasteiger partial charge in [0.1, 0.15) is 35.7 Å². The first kappa shape index (κ1) is 24.1. The molecule has 0 spiro atoms. The standard InChI is InChI=1S/C29H29F2NO4/c1-18(32-14-4-13-29(32,30)31)17-35-24-10-7-20(8-11-24)28-27(21-5-3-6-22(33)15-21)19(2)25-16-23(34)9-12-26(25)36-28/h3,5-12,15-16,18,28,33-34H,4,13-14,17H2,1-2H3/t18-,28?/m0/s1. The fourth-order valence-corrected chi connectivity index (χ4v) is 5.08. The topological polar surface area (TPSA) is 62.2 Å². The van der Waals surface area contributed by atoms with E-state index in [0.717, 1.165) is 27.8 Å². The number of likely N-dealkylation sites (tertiary alicyclic amines) is 1. The first-order chi connectivity index (χ1) is 17.2. The molecule has 188 valence electrons. The summed E-state index contributed by atoms with van der Waals surface area (Å²) in [7, 11) is 0. The quantitative estimate of drug-likeness (QED) is 0.378. The molecular formula is C29H29F2NO4. The third-order valence-corrected chi connectivity index (χ3v) is 6.94. The first-order valence-corrected chi connectivity index (χ1v) is 12.1. The summed E-state index contributed by atoms with van der Waals surface area (Å²) in [5.74, 6) is 1.54. The summed E-state index contributed by atoms with van der Waals surface area (Å²) in [6, 6.07) is 16.3. The molecule has 0 saturated carbocycles. The van der Waals surface area contributed by atoms with E-state index in [1.165, 1.54) is 4.90 Å². The van der Waals surface area contributed by atoms with Crippen LogP contribution in [0.5, 0.6) is 23.0 Å². The van der Waals surface area contributed by atoms with Crippen molar-refractivity contribution in [2.45, 2.75) is 44.9 Å². The van der Waals surface area contributed by atoms with Gasteiger partial charge in [-0.2, -0.15) is 8.78 Å². The molecule has 5 rings (SSSR count). The lowest BCUT2D eigenvalue weighted by Gasteiger charge is -2.31. The molecule has 7 heteroatoms. The van der Waals surface area contributed by atoms with Crippen LogP contribution in [0.2, 0.25) is 0 Å². The number of phenols is 2. The monoisotopic (exact) mass is 493 g/mol. The van der Waals surface area contributed by atoms with Crippen LogP contribution in [-0.2, 0) is 0 Å². The van der Waals surface area contributed by atoms with Crippen molar-refractivity contribution in [3.63, 3.8) is 0 Å². The van der Waals surface area contributed by atoms with Gasteiger partial charge in [-0.3, -0.25) is 0 Å². The van der Waals surface area contributed by atoms with E-state index in [1.807, 2.05) is 37.3 Å². The molecule has 0 aliphatic carbocycles. The van der Waals surface area contributed by atoms with Crippen LogP contribution in [0, 0.1) is 0 Å². The summed E-state index contributed by atoms with van der Waals surface area (Å²) in [5, 5.41) is 20.1. The summed E-state index contributed by atoms with van der Waals surface area (Å²) < 4.78 is 40.3. The highest BCUT2D eigenvalue weighted by Gasteiger charge is 2.44. The summed E-state index contributed by atoms with van der Waals surface area (Å²) in [5.41, 5.74) is 4.29. The van der Waals surface area contributed by atoms with E-state index >= 15 is 0 Å². The Morgan fingerprint density at radius 3 is 2.50 bits per heavy atom. The molecule has 0 radical (unpaired) electrons. The number of alkyl halides is 2. The summed E-state index contributed by atoms with van der Waals surface area (Å²) in [6.07, 6.45) is -0.0741. The molecule has 36 heavy (non-hydrogen) atoms. The second-order valence-electron chi connectivity index (χ2n) is 9.46. The number of benzene rings is 3. The van der Waals surface area contributed by atoms with Crippen LogP contribution in [-0.4, -0.2) is 40.4 Å². The molecule has 0 aromatic heterocycles. The molecule has 3 aromatic rings. The molecule has 2 N–H and O–H groups in total. The fourth-order valence-electron chi connectivity index (χ4n) is 5.08.